The number of hydrogen-bond donors (Lipinski definition) is 1. The van der Waals surface area contributed by atoms with Crippen molar-refractivity contribution < 1.29 is 9.47 Å². The molecule has 0 spiro atoms. The zero-order valence-corrected chi connectivity index (χ0v) is 15.2. The molecule has 0 aromatic heterocycles. The SMILES string of the molecule is COCCNCC(Cc1ccccc1OC)C[Si](C)(C)C. The molecule has 0 amide bonds. The lowest BCUT2D eigenvalue weighted by molar-refractivity contribution is 0.198. The highest BCUT2D eigenvalue weighted by Gasteiger charge is 2.21. The van der Waals surface area contributed by atoms with Crippen LogP contribution in [0.3, 0.4) is 0 Å². The average molecular weight is 310 g/mol. The van der Waals surface area contributed by atoms with Crippen molar-refractivity contribution in [1.29, 1.82) is 0 Å². The minimum Gasteiger partial charge on any atom is -0.496 e. The van der Waals surface area contributed by atoms with E-state index in [-0.39, 0.29) is 0 Å². The highest BCUT2D eigenvalue weighted by molar-refractivity contribution is 6.76. The quantitative estimate of drug-likeness (QED) is 0.530. The van der Waals surface area contributed by atoms with Gasteiger partial charge in [0.05, 0.1) is 13.7 Å². The van der Waals surface area contributed by atoms with Crippen LogP contribution < -0.4 is 10.1 Å². The molecule has 0 bridgehead atoms. The molecule has 21 heavy (non-hydrogen) atoms. The first-order valence-corrected chi connectivity index (χ1v) is 11.5. The second-order valence-corrected chi connectivity index (χ2v) is 12.4. The Kier molecular flexibility index (Phi) is 8.00. The van der Waals surface area contributed by atoms with Crippen LogP contribution in [0.2, 0.25) is 25.7 Å². The van der Waals surface area contributed by atoms with Gasteiger partial charge >= 0.3 is 0 Å². The van der Waals surface area contributed by atoms with Crippen molar-refractivity contribution >= 4 is 8.07 Å². The Morgan fingerprint density at radius 1 is 1.14 bits per heavy atom. The van der Waals surface area contributed by atoms with Crippen LogP contribution in [-0.4, -0.2) is 42.0 Å². The molecular formula is C17H31NO2Si. The molecule has 4 heteroatoms. The molecule has 0 heterocycles. The molecular weight excluding hydrogens is 278 g/mol. The lowest BCUT2D eigenvalue weighted by Gasteiger charge is -2.25. The van der Waals surface area contributed by atoms with Crippen LogP contribution in [0.1, 0.15) is 5.56 Å². The van der Waals surface area contributed by atoms with E-state index < -0.39 is 8.07 Å². The van der Waals surface area contributed by atoms with Gasteiger partial charge in [0.1, 0.15) is 5.75 Å². The Hall–Kier alpha value is -0.843. The number of hydrogen-bond acceptors (Lipinski definition) is 3. The largest absolute Gasteiger partial charge is 0.496 e. The van der Waals surface area contributed by atoms with Crippen LogP contribution in [0.15, 0.2) is 24.3 Å². The van der Waals surface area contributed by atoms with E-state index in [4.69, 9.17) is 9.47 Å². The molecule has 3 nitrogen and oxygen atoms in total. The van der Waals surface area contributed by atoms with E-state index in [0.29, 0.717) is 5.92 Å². The van der Waals surface area contributed by atoms with Crippen LogP contribution in [0, 0.1) is 5.92 Å². The summed E-state index contributed by atoms with van der Waals surface area (Å²) in [5.41, 5.74) is 1.32. The molecule has 1 atom stereocenters. The van der Waals surface area contributed by atoms with Crippen LogP contribution in [0.25, 0.3) is 0 Å². The van der Waals surface area contributed by atoms with E-state index in [1.165, 1.54) is 11.6 Å². The number of rotatable bonds is 10. The first-order chi connectivity index (χ1) is 9.96. The molecule has 0 saturated heterocycles. The Bertz CT molecular complexity index is 404. The minimum absolute atomic E-state index is 0.657. The Morgan fingerprint density at radius 3 is 2.48 bits per heavy atom. The third-order valence-corrected chi connectivity index (χ3v) is 5.32. The third-order valence-electron chi connectivity index (χ3n) is 3.52. The lowest BCUT2D eigenvalue weighted by atomic mass is 10.00. The lowest BCUT2D eigenvalue weighted by Crippen LogP contribution is -2.33. The summed E-state index contributed by atoms with van der Waals surface area (Å²) in [6.07, 6.45) is 1.08. The first kappa shape index (κ1) is 18.2. The Labute approximate surface area is 131 Å². The molecule has 0 aliphatic rings. The van der Waals surface area contributed by atoms with Gasteiger partial charge in [0.25, 0.3) is 0 Å². The van der Waals surface area contributed by atoms with Gasteiger partial charge in [-0.2, -0.15) is 0 Å². The van der Waals surface area contributed by atoms with Gasteiger partial charge in [-0.25, -0.2) is 0 Å². The van der Waals surface area contributed by atoms with Gasteiger partial charge in [0.15, 0.2) is 0 Å². The molecule has 0 radical (unpaired) electrons. The summed E-state index contributed by atoms with van der Waals surface area (Å²) < 4.78 is 10.6. The number of ether oxygens (including phenoxy) is 2. The molecule has 1 N–H and O–H groups in total. The van der Waals surface area contributed by atoms with Crippen LogP contribution in [0.5, 0.6) is 5.75 Å². The summed E-state index contributed by atoms with van der Waals surface area (Å²) in [6, 6.07) is 9.70. The second kappa shape index (κ2) is 9.23. The van der Waals surface area contributed by atoms with Crippen molar-refractivity contribution in [3.63, 3.8) is 0 Å². The maximum atomic E-state index is 5.49. The maximum Gasteiger partial charge on any atom is 0.122 e. The fourth-order valence-corrected chi connectivity index (χ4v) is 4.77. The summed E-state index contributed by atoms with van der Waals surface area (Å²) in [4.78, 5) is 0. The van der Waals surface area contributed by atoms with Gasteiger partial charge in [-0.05, 0) is 30.5 Å². The van der Waals surface area contributed by atoms with E-state index >= 15 is 0 Å². The number of nitrogens with one attached hydrogen (secondary N) is 1. The van der Waals surface area contributed by atoms with E-state index in [0.717, 1.165) is 31.9 Å². The Morgan fingerprint density at radius 2 is 1.86 bits per heavy atom. The molecule has 0 fully saturated rings. The van der Waals surface area contributed by atoms with Crippen LogP contribution in [0.4, 0.5) is 0 Å². The second-order valence-electron chi connectivity index (χ2n) is 6.84. The highest BCUT2D eigenvalue weighted by Crippen LogP contribution is 2.25. The van der Waals surface area contributed by atoms with Crippen LogP contribution >= 0.6 is 0 Å². The fourth-order valence-electron chi connectivity index (χ4n) is 2.75. The first-order valence-electron chi connectivity index (χ1n) is 7.78. The molecule has 0 aliphatic heterocycles. The van der Waals surface area contributed by atoms with Crippen molar-refractivity contribution in [2.75, 3.05) is 33.9 Å². The van der Waals surface area contributed by atoms with Crippen molar-refractivity contribution in [2.45, 2.75) is 32.1 Å². The van der Waals surface area contributed by atoms with Crippen LogP contribution in [-0.2, 0) is 11.2 Å². The fraction of sp³-hybridized carbons (Fsp3) is 0.647. The van der Waals surface area contributed by atoms with Gasteiger partial charge in [-0.1, -0.05) is 43.9 Å². The summed E-state index contributed by atoms with van der Waals surface area (Å²) in [5.74, 6) is 1.67. The average Bonchev–Trinajstić information content (AvgIpc) is 2.42. The number of para-hydroxylation sites is 1. The summed E-state index contributed by atoms with van der Waals surface area (Å²) in [7, 11) is 2.42. The minimum atomic E-state index is -1.08. The zero-order valence-electron chi connectivity index (χ0n) is 14.2. The van der Waals surface area contributed by atoms with Gasteiger partial charge in [0.2, 0.25) is 0 Å². The van der Waals surface area contributed by atoms with E-state index in [2.05, 4.69) is 43.2 Å². The van der Waals surface area contributed by atoms with E-state index in [9.17, 15) is 0 Å². The molecule has 1 aromatic carbocycles. The maximum absolute atomic E-state index is 5.49. The highest BCUT2D eigenvalue weighted by atomic mass is 28.3. The standard InChI is InChI=1S/C17H31NO2Si/c1-19-11-10-18-13-15(14-21(3,4)5)12-16-8-6-7-9-17(16)20-2/h6-9,15,18H,10-14H2,1-5H3. The summed E-state index contributed by atoms with van der Waals surface area (Å²) in [5, 5.41) is 3.52. The number of methoxy groups -OCH3 is 2. The van der Waals surface area contributed by atoms with Gasteiger partial charge < -0.3 is 14.8 Å². The molecule has 1 aromatic rings. The zero-order chi connectivity index (χ0) is 15.7. The molecule has 0 aliphatic carbocycles. The van der Waals surface area contributed by atoms with Gasteiger partial charge in [0, 0.05) is 21.7 Å². The predicted molar refractivity (Wildman–Crippen MR) is 93.1 cm³/mol. The smallest absolute Gasteiger partial charge is 0.122 e. The van der Waals surface area contributed by atoms with Crippen molar-refractivity contribution in [2.24, 2.45) is 5.92 Å². The Balaban J connectivity index is 2.66. The number of benzene rings is 1. The monoisotopic (exact) mass is 309 g/mol. The van der Waals surface area contributed by atoms with Gasteiger partial charge in [-0.15, -0.1) is 0 Å². The molecule has 1 unspecified atom stereocenters. The van der Waals surface area contributed by atoms with E-state index in [1.807, 2.05) is 6.07 Å². The predicted octanol–water partition coefficient (Wildman–Crippen LogP) is 3.43. The van der Waals surface area contributed by atoms with Crippen molar-refractivity contribution in [3.8, 4) is 5.75 Å². The molecule has 120 valence electrons. The normalized spacial score (nSPS) is 13.2. The van der Waals surface area contributed by atoms with Crippen molar-refractivity contribution in [3.05, 3.63) is 29.8 Å². The molecule has 0 saturated carbocycles. The van der Waals surface area contributed by atoms with Gasteiger partial charge in [-0.3, -0.25) is 0 Å². The summed E-state index contributed by atoms with van der Waals surface area (Å²) in [6.45, 7) is 10.1. The molecule has 1 rings (SSSR count). The van der Waals surface area contributed by atoms with Crippen molar-refractivity contribution in [1.82, 2.24) is 5.32 Å². The van der Waals surface area contributed by atoms with E-state index in [1.54, 1.807) is 14.2 Å². The summed E-state index contributed by atoms with van der Waals surface area (Å²) >= 11 is 0. The topological polar surface area (TPSA) is 30.5 Å². The third kappa shape index (κ3) is 7.65.